The van der Waals surface area contributed by atoms with E-state index in [0.717, 1.165) is 29.8 Å². The van der Waals surface area contributed by atoms with E-state index in [0.29, 0.717) is 6.54 Å². The van der Waals surface area contributed by atoms with Crippen LogP contribution in [-0.2, 0) is 11.8 Å². The molecule has 0 saturated carbocycles. The Kier molecular flexibility index (Phi) is 2.39. The minimum Gasteiger partial charge on any atom is -0.369 e. The number of amides is 1. The molecule has 0 unspecified atom stereocenters. The third kappa shape index (κ3) is 1.59. The van der Waals surface area contributed by atoms with E-state index in [2.05, 4.69) is 20.0 Å². The molecule has 2 aromatic rings. The van der Waals surface area contributed by atoms with Crippen molar-refractivity contribution in [3.8, 4) is 0 Å². The van der Waals surface area contributed by atoms with E-state index in [1.807, 2.05) is 7.05 Å². The fraction of sp³-hybridized carbons (Fsp3) is 0.455. The van der Waals surface area contributed by atoms with Gasteiger partial charge in [0, 0.05) is 20.1 Å². The molecule has 7 nitrogen and oxygen atoms in total. The topological polar surface area (TPSA) is 89.9 Å². The highest BCUT2D eigenvalue weighted by atomic mass is 16.1. The molecule has 3 heterocycles. The van der Waals surface area contributed by atoms with Crippen LogP contribution in [-0.4, -0.2) is 38.7 Å². The van der Waals surface area contributed by atoms with Gasteiger partial charge in [0.2, 0.25) is 5.91 Å². The van der Waals surface area contributed by atoms with Gasteiger partial charge in [-0.25, -0.2) is 9.97 Å². The standard InChI is InChI=1S/C11H14N6O/c1-16-10-8(4-15-16)11(14-6-13-10)17-3-2-7(5-17)9(12)18/h4,6-7H,2-3,5H2,1H3,(H2,12,18)/t7-/m0/s1. The lowest BCUT2D eigenvalue weighted by atomic mass is 10.1. The number of carbonyl (C=O) groups is 1. The van der Waals surface area contributed by atoms with Gasteiger partial charge in [0.1, 0.15) is 12.1 Å². The molecule has 0 spiro atoms. The summed E-state index contributed by atoms with van der Waals surface area (Å²) < 4.78 is 1.71. The number of aryl methyl sites for hydroxylation is 1. The summed E-state index contributed by atoms with van der Waals surface area (Å²) in [5.41, 5.74) is 6.13. The van der Waals surface area contributed by atoms with Crippen LogP contribution >= 0.6 is 0 Å². The molecule has 3 rings (SSSR count). The first-order valence-electron chi connectivity index (χ1n) is 5.84. The van der Waals surface area contributed by atoms with Crippen molar-refractivity contribution in [2.24, 2.45) is 18.7 Å². The molecule has 1 amide bonds. The van der Waals surface area contributed by atoms with Gasteiger partial charge < -0.3 is 10.6 Å². The van der Waals surface area contributed by atoms with Gasteiger partial charge >= 0.3 is 0 Å². The van der Waals surface area contributed by atoms with E-state index >= 15 is 0 Å². The number of nitrogens with zero attached hydrogens (tertiary/aromatic N) is 5. The third-order valence-electron chi connectivity index (χ3n) is 3.40. The molecule has 1 aliphatic heterocycles. The first kappa shape index (κ1) is 10.9. The van der Waals surface area contributed by atoms with Gasteiger partial charge in [0.15, 0.2) is 5.65 Å². The summed E-state index contributed by atoms with van der Waals surface area (Å²) in [6, 6.07) is 0. The summed E-state index contributed by atoms with van der Waals surface area (Å²) in [7, 11) is 1.84. The predicted molar refractivity (Wildman–Crippen MR) is 65.8 cm³/mol. The molecule has 7 heteroatoms. The van der Waals surface area contributed by atoms with Crippen molar-refractivity contribution >= 4 is 22.8 Å². The zero-order chi connectivity index (χ0) is 12.7. The minimum absolute atomic E-state index is 0.0910. The van der Waals surface area contributed by atoms with E-state index in [4.69, 9.17) is 5.73 Å². The lowest BCUT2D eigenvalue weighted by Gasteiger charge is -2.17. The summed E-state index contributed by atoms with van der Waals surface area (Å²) in [4.78, 5) is 21.8. The van der Waals surface area contributed by atoms with E-state index in [1.165, 1.54) is 6.33 Å². The Hall–Kier alpha value is -2.18. The molecular formula is C11H14N6O. The molecule has 1 atom stereocenters. The van der Waals surface area contributed by atoms with Gasteiger partial charge in [0.25, 0.3) is 0 Å². The zero-order valence-electron chi connectivity index (χ0n) is 10.1. The number of anilines is 1. The second kappa shape index (κ2) is 3.94. The van der Waals surface area contributed by atoms with Gasteiger partial charge in [-0.2, -0.15) is 5.10 Å². The molecule has 0 bridgehead atoms. The number of carbonyl (C=O) groups excluding carboxylic acids is 1. The van der Waals surface area contributed by atoms with Crippen molar-refractivity contribution in [3.63, 3.8) is 0 Å². The minimum atomic E-state index is -0.242. The average molecular weight is 246 g/mol. The van der Waals surface area contributed by atoms with Crippen LogP contribution in [0.5, 0.6) is 0 Å². The SMILES string of the molecule is Cn1ncc2c(N3CC[C@H](C(N)=O)C3)ncnc21. The van der Waals surface area contributed by atoms with Crippen LogP contribution in [0, 0.1) is 5.92 Å². The first-order chi connectivity index (χ1) is 8.66. The van der Waals surface area contributed by atoms with Crippen LogP contribution in [0.4, 0.5) is 5.82 Å². The van der Waals surface area contributed by atoms with Crippen LogP contribution in [0.25, 0.3) is 11.0 Å². The second-order valence-electron chi connectivity index (χ2n) is 4.54. The molecule has 18 heavy (non-hydrogen) atoms. The Morgan fingerprint density at radius 2 is 2.33 bits per heavy atom. The summed E-state index contributed by atoms with van der Waals surface area (Å²) >= 11 is 0. The number of primary amides is 1. The highest BCUT2D eigenvalue weighted by Crippen LogP contribution is 2.27. The quantitative estimate of drug-likeness (QED) is 0.784. The molecule has 94 valence electrons. The van der Waals surface area contributed by atoms with Crippen molar-refractivity contribution in [3.05, 3.63) is 12.5 Å². The smallest absolute Gasteiger partial charge is 0.222 e. The van der Waals surface area contributed by atoms with Gasteiger partial charge in [-0.05, 0) is 6.42 Å². The van der Waals surface area contributed by atoms with Crippen LogP contribution in [0.2, 0.25) is 0 Å². The largest absolute Gasteiger partial charge is 0.369 e. The lowest BCUT2D eigenvalue weighted by molar-refractivity contribution is -0.121. The van der Waals surface area contributed by atoms with Gasteiger partial charge in [-0.1, -0.05) is 0 Å². The van der Waals surface area contributed by atoms with Crippen molar-refractivity contribution in [1.82, 2.24) is 19.7 Å². The van der Waals surface area contributed by atoms with E-state index < -0.39 is 0 Å². The van der Waals surface area contributed by atoms with Crippen molar-refractivity contribution < 1.29 is 4.79 Å². The van der Waals surface area contributed by atoms with Crippen LogP contribution < -0.4 is 10.6 Å². The monoisotopic (exact) mass is 246 g/mol. The summed E-state index contributed by atoms with van der Waals surface area (Å²) in [5.74, 6) is 0.498. The normalized spacial score (nSPS) is 19.6. The Morgan fingerprint density at radius 3 is 3.06 bits per heavy atom. The molecular weight excluding hydrogens is 232 g/mol. The number of aromatic nitrogens is 4. The molecule has 1 saturated heterocycles. The Bertz CT molecular complexity index is 607. The Morgan fingerprint density at radius 1 is 1.50 bits per heavy atom. The lowest BCUT2D eigenvalue weighted by Crippen LogP contribution is -2.27. The van der Waals surface area contributed by atoms with Crippen LogP contribution in [0.3, 0.4) is 0 Å². The van der Waals surface area contributed by atoms with Crippen LogP contribution in [0.1, 0.15) is 6.42 Å². The van der Waals surface area contributed by atoms with Gasteiger partial charge in [0.05, 0.1) is 17.5 Å². The fourth-order valence-electron chi connectivity index (χ4n) is 2.39. The third-order valence-corrected chi connectivity index (χ3v) is 3.40. The number of hydrogen-bond donors (Lipinski definition) is 1. The van der Waals surface area contributed by atoms with Crippen molar-refractivity contribution in [2.45, 2.75) is 6.42 Å². The van der Waals surface area contributed by atoms with Gasteiger partial charge in [-0.3, -0.25) is 9.48 Å². The van der Waals surface area contributed by atoms with E-state index in [9.17, 15) is 4.79 Å². The molecule has 1 fully saturated rings. The number of hydrogen-bond acceptors (Lipinski definition) is 5. The Balaban J connectivity index is 1.98. The highest BCUT2D eigenvalue weighted by molar-refractivity contribution is 5.87. The number of fused-ring (bicyclic) bond motifs is 1. The Labute approximate surface area is 104 Å². The van der Waals surface area contributed by atoms with Crippen molar-refractivity contribution in [2.75, 3.05) is 18.0 Å². The van der Waals surface area contributed by atoms with Gasteiger partial charge in [-0.15, -0.1) is 0 Å². The molecule has 2 aromatic heterocycles. The van der Waals surface area contributed by atoms with E-state index in [1.54, 1.807) is 10.9 Å². The van der Waals surface area contributed by atoms with Crippen LogP contribution in [0.15, 0.2) is 12.5 Å². The zero-order valence-corrected chi connectivity index (χ0v) is 10.1. The van der Waals surface area contributed by atoms with Crippen molar-refractivity contribution in [1.29, 1.82) is 0 Å². The molecule has 2 N–H and O–H groups in total. The first-order valence-corrected chi connectivity index (χ1v) is 5.84. The van der Waals surface area contributed by atoms with E-state index in [-0.39, 0.29) is 11.8 Å². The molecule has 0 aromatic carbocycles. The number of rotatable bonds is 2. The second-order valence-corrected chi connectivity index (χ2v) is 4.54. The molecule has 0 radical (unpaired) electrons. The average Bonchev–Trinajstić information content (AvgIpc) is 2.97. The maximum atomic E-state index is 11.2. The summed E-state index contributed by atoms with van der Waals surface area (Å²) in [5, 5.41) is 5.09. The molecule has 1 aliphatic rings. The molecule has 0 aliphatic carbocycles. The summed E-state index contributed by atoms with van der Waals surface area (Å²) in [6.45, 7) is 1.41. The highest BCUT2D eigenvalue weighted by Gasteiger charge is 2.28. The number of nitrogens with two attached hydrogens (primary N) is 1. The maximum absolute atomic E-state index is 11.2. The maximum Gasteiger partial charge on any atom is 0.222 e. The summed E-state index contributed by atoms with van der Waals surface area (Å²) in [6.07, 6.45) is 4.06. The fourth-order valence-corrected chi connectivity index (χ4v) is 2.39. The predicted octanol–water partition coefficient (Wildman–Crippen LogP) is -0.325.